The van der Waals surface area contributed by atoms with E-state index in [1.165, 1.54) is 38.5 Å². The molecule has 20 heavy (non-hydrogen) atoms. The summed E-state index contributed by atoms with van der Waals surface area (Å²) < 4.78 is 0. The van der Waals surface area contributed by atoms with Gasteiger partial charge < -0.3 is 15.5 Å². The van der Waals surface area contributed by atoms with Gasteiger partial charge in [0, 0.05) is 18.6 Å². The van der Waals surface area contributed by atoms with E-state index in [1.807, 2.05) is 6.92 Å². The van der Waals surface area contributed by atoms with E-state index >= 15 is 0 Å². The summed E-state index contributed by atoms with van der Waals surface area (Å²) in [7, 11) is 4.31. The minimum atomic E-state index is -0.103. The van der Waals surface area contributed by atoms with Crippen LogP contribution in [0.15, 0.2) is 0 Å². The zero-order chi connectivity index (χ0) is 15.0. The number of carbonyl (C=O) groups is 1. The van der Waals surface area contributed by atoms with Crippen LogP contribution in [0.2, 0.25) is 0 Å². The molecule has 0 aromatic carbocycles. The van der Waals surface area contributed by atoms with Crippen molar-refractivity contribution in [2.24, 2.45) is 0 Å². The van der Waals surface area contributed by atoms with Crippen LogP contribution < -0.4 is 10.6 Å². The Balaban J connectivity index is 2.30. The largest absolute Gasteiger partial charge is 0.355 e. The molecule has 118 valence electrons. The first-order valence-electron chi connectivity index (χ1n) is 8.20. The van der Waals surface area contributed by atoms with Crippen molar-refractivity contribution < 1.29 is 4.79 Å². The van der Waals surface area contributed by atoms with Crippen LogP contribution in [0.3, 0.4) is 0 Å². The van der Waals surface area contributed by atoms with Crippen molar-refractivity contribution in [1.82, 2.24) is 15.5 Å². The second-order valence-electron chi connectivity index (χ2n) is 6.43. The Kier molecular flexibility index (Phi) is 7.52. The lowest BCUT2D eigenvalue weighted by molar-refractivity contribution is -0.122. The van der Waals surface area contributed by atoms with Gasteiger partial charge >= 0.3 is 0 Å². The first-order valence-corrected chi connectivity index (χ1v) is 8.20. The fraction of sp³-hybridized carbons (Fsp3) is 0.938. The van der Waals surface area contributed by atoms with Crippen LogP contribution in [0.5, 0.6) is 0 Å². The lowest BCUT2D eigenvalue weighted by atomic mass is 9.95. The van der Waals surface area contributed by atoms with Crippen LogP contribution in [-0.4, -0.2) is 49.6 Å². The first kappa shape index (κ1) is 17.4. The summed E-state index contributed by atoms with van der Waals surface area (Å²) in [5, 5.41) is 6.45. The van der Waals surface area contributed by atoms with Gasteiger partial charge in [0.1, 0.15) is 0 Å². The Labute approximate surface area is 124 Å². The van der Waals surface area contributed by atoms with E-state index in [4.69, 9.17) is 0 Å². The molecule has 1 fully saturated rings. The summed E-state index contributed by atoms with van der Waals surface area (Å²) >= 11 is 0. The van der Waals surface area contributed by atoms with Gasteiger partial charge in [-0.05, 0) is 40.3 Å². The average molecular weight is 283 g/mol. The molecule has 1 atom stereocenters. The van der Waals surface area contributed by atoms with E-state index < -0.39 is 0 Å². The Morgan fingerprint density at radius 1 is 1.25 bits per heavy atom. The number of nitrogens with one attached hydrogen (secondary N) is 2. The summed E-state index contributed by atoms with van der Waals surface area (Å²) in [5.74, 6) is 0.132. The molecule has 4 heteroatoms. The highest BCUT2D eigenvalue weighted by Crippen LogP contribution is 2.33. The average Bonchev–Trinajstić information content (AvgIpc) is 2.91. The molecule has 0 spiro atoms. The van der Waals surface area contributed by atoms with Gasteiger partial charge in [0.15, 0.2) is 0 Å². The van der Waals surface area contributed by atoms with Gasteiger partial charge in [-0.1, -0.05) is 32.6 Å². The number of carbonyl (C=O) groups excluding carboxylic acids is 1. The smallest absolute Gasteiger partial charge is 0.236 e. The lowest BCUT2D eigenvalue weighted by Crippen LogP contribution is -2.53. The Hall–Kier alpha value is -0.610. The van der Waals surface area contributed by atoms with Crippen molar-refractivity contribution in [3.8, 4) is 0 Å². The van der Waals surface area contributed by atoms with Crippen LogP contribution in [-0.2, 0) is 4.79 Å². The highest BCUT2D eigenvalue weighted by atomic mass is 16.2. The monoisotopic (exact) mass is 283 g/mol. The van der Waals surface area contributed by atoms with Gasteiger partial charge in [0.25, 0.3) is 0 Å². The van der Waals surface area contributed by atoms with Crippen molar-refractivity contribution in [3.05, 3.63) is 0 Å². The predicted molar refractivity (Wildman–Crippen MR) is 84.9 cm³/mol. The molecule has 0 heterocycles. The van der Waals surface area contributed by atoms with Gasteiger partial charge in [0.05, 0.1) is 6.04 Å². The normalized spacial score (nSPS) is 19.2. The third kappa shape index (κ3) is 5.06. The molecule has 4 nitrogen and oxygen atoms in total. The predicted octanol–water partition coefficient (Wildman–Crippen LogP) is 2.15. The Morgan fingerprint density at radius 2 is 1.90 bits per heavy atom. The fourth-order valence-electron chi connectivity index (χ4n) is 2.99. The van der Waals surface area contributed by atoms with E-state index in [2.05, 4.69) is 36.6 Å². The summed E-state index contributed by atoms with van der Waals surface area (Å²) in [6.45, 7) is 5.85. The topological polar surface area (TPSA) is 44.4 Å². The van der Waals surface area contributed by atoms with Gasteiger partial charge in [0.2, 0.25) is 5.91 Å². The van der Waals surface area contributed by atoms with Crippen LogP contribution in [0, 0.1) is 0 Å². The van der Waals surface area contributed by atoms with Gasteiger partial charge in [-0.3, -0.25) is 4.79 Å². The van der Waals surface area contributed by atoms with E-state index in [9.17, 15) is 4.79 Å². The molecule has 1 aliphatic carbocycles. The zero-order valence-corrected chi connectivity index (χ0v) is 13.8. The molecule has 2 N–H and O–H groups in total. The second kappa shape index (κ2) is 8.63. The molecule has 0 bridgehead atoms. The Morgan fingerprint density at radius 3 is 2.45 bits per heavy atom. The van der Waals surface area contributed by atoms with Gasteiger partial charge in [-0.25, -0.2) is 0 Å². The van der Waals surface area contributed by atoms with E-state index in [-0.39, 0.29) is 17.5 Å². The van der Waals surface area contributed by atoms with Crippen LogP contribution in [0.1, 0.15) is 58.8 Å². The number of rotatable bonds is 9. The molecule has 0 saturated heterocycles. The van der Waals surface area contributed by atoms with E-state index in [0.29, 0.717) is 0 Å². The summed E-state index contributed by atoms with van der Waals surface area (Å²) in [4.78, 5) is 14.3. The molecule has 1 rings (SSSR count). The Bertz CT molecular complexity index is 285. The minimum absolute atomic E-state index is 0.103. The summed E-state index contributed by atoms with van der Waals surface area (Å²) in [6, 6.07) is -0.103. The van der Waals surface area contributed by atoms with E-state index in [1.54, 1.807) is 0 Å². The molecule has 0 aromatic heterocycles. The molecule has 1 unspecified atom stereocenters. The maximum Gasteiger partial charge on any atom is 0.236 e. The number of hydrogen-bond acceptors (Lipinski definition) is 3. The molecule has 0 aliphatic heterocycles. The van der Waals surface area contributed by atoms with Crippen molar-refractivity contribution in [2.75, 3.05) is 27.2 Å². The molecular formula is C16H33N3O. The van der Waals surface area contributed by atoms with Crippen LogP contribution in [0.4, 0.5) is 0 Å². The highest BCUT2D eigenvalue weighted by molar-refractivity contribution is 5.81. The lowest BCUT2D eigenvalue weighted by Gasteiger charge is -2.37. The molecule has 0 radical (unpaired) electrons. The maximum atomic E-state index is 12.0. The second-order valence-corrected chi connectivity index (χ2v) is 6.43. The number of amides is 1. The third-order valence-electron chi connectivity index (χ3n) is 4.69. The molecular weight excluding hydrogens is 250 g/mol. The SMILES string of the molecule is CCCCCNC(=O)C(C)NCC1(N(C)C)CCCC1. The standard InChI is InChI=1S/C16H33N3O/c1-5-6-9-12-17-15(20)14(2)18-13-16(19(3)4)10-7-8-11-16/h14,18H,5-13H2,1-4H3,(H,17,20). The summed E-state index contributed by atoms with van der Waals surface area (Å²) in [5.41, 5.74) is 0.247. The van der Waals surface area contributed by atoms with Crippen LogP contribution >= 0.6 is 0 Å². The van der Waals surface area contributed by atoms with Gasteiger partial charge in [-0.2, -0.15) is 0 Å². The number of nitrogens with zero attached hydrogens (tertiary/aromatic N) is 1. The van der Waals surface area contributed by atoms with Crippen molar-refractivity contribution >= 4 is 5.91 Å². The molecule has 1 aliphatic rings. The fourth-order valence-corrected chi connectivity index (χ4v) is 2.99. The number of hydrogen-bond donors (Lipinski definition) is 2. The molecule has 1 saturated carbocycles. The first-order chi connectivity index (χ1) is 9.52. The van der Waals surface area contributed by atoms with Crippen molar-refractivity contribution in [1.29, 1.82) is 0 Å². The summed E-state index contributed by atoms with van der Waals surface area (Å²) in [6.07, 6.45) is 8.53. The maximum absolute atomic E-state index is 12.0. The number of likely N-dealkylation sites (N-methyl/N-ethyl adjacent to an activating group) is 1. The quantitative estimate of drug-likeness (QED) is 0.637. The van der Waals surface area contributed by atoms with Crippen molar-refractivity contribution in [2.45, 2.75) is 70.4 Å². The highest BCUT2D eigenvalue weighted by Gasteiger charge is 2.36. The minimum Gasteiger partial charge on any atom is -0.355 e. The third-order valence-corrected chi connectivity index (χ3v) is 4.69. The zero-order valence-electron chi connectivity index (χ0n) is 13.8. The van der Waals surface area contributed by atoms with Crippen molar-refractivity contribution in [3.63, 3.8) is 0 Å². The van der Waals surface area contributed by atoms with Crippen LogP contribution in [0.25, 0.3) is 0 Å². The molecule has 1 amide bonds. The van der Waals surface area contributed by atoms with E-state index in [0.717, 1.165) is 19.5 Å². The number of unbranched alkanes of at least 4 members (excludes halogenated alkanes) is 2. The van der Waals surface area contributed by atoms with Gasteiger partial charge in [-0.15, -0.1) is 0 Å². The molecule has 0 aromatic rings.